The molecule has 1 fully saturated rings. The van der Waals surface area contributed by atoms with Gasteiger partial charge < -0.3 is 20.6 Å². The quantitative estimate of drug-likeness (QED) is 0.346. The van der Waals surface area contributed by atoms with Crippen LogP contribution in [0.15, 0.2) is 30.4 Å². The number of fused-ring (bicyclic) bond motifs is 1. The van der Waals surface area contributed by atoms with Crippen LogP contribution in [0.1, 0.15) is 44.6 Å². The van der Waals surface area contributed by atoms with E-state index in [1.54, 1.807) is 18.0 Å². The minimum atomic E-state index is -0.716. The van der Waals surface area contributed by atoms with E-state index in [0.29, 0.717) is 23.7 Å². The predicted octanol–water partition coefficient (Wildman–Crippen LogP) is 3.54. The Kier molecular flexibility index (Phi) is 9.14. The standard InChI is InChI=1S/C26H36ClN3O4/c1-4-17-12-13-18-21(20(17)24(32)28-3)26(34)30(14-7-5-6-8-15-31)23(18)25(33)29-22-16(2)10-9-11-19(22)27/h9-13,17-18,20-21,23,31H,4-8,14-15H2,1-3H3,(H,28,32)(H,29,33)/t17-,18+,20-,21-,23+/m1/s1. The Balaban J connectivity index is 1.93. The third kappa shape index (κ3) is 5.31. The molecule has 1 aromatic carbocycles. The summed E-state index contributed by atoms with van der Waals surface area (Å²) in [5.41, 5.74) is 1.38. The van der Waals surface area contributed by atoms with E-state index in [9.17, 15) is 14.4 Å². The largest absolute Gasteiger partial charge is 0.396 e. The molecule has 7 nitrogen and oxygen atoms in total. The number of nitrogens with one attached hydrogen (secondary N) is 2. The number of anilines is 1. The van der Waals surface area contributed by atoms with Crippen molar-refractivity contribution in [1.82, 2.24) is 10.2 Å². The highest BCUT2D eigenvalue weighted by Crippen LogP contribution is 2.45. The van der Waals surface area contributed by atoms with Gasteiger partial charge in [-0.3, -0.25) is 14.4 Å². The number of carbonyl (C=O) groups is 3. The molecule has 1 aromatic rings. The average molecular weight is 490 g/mol. The first-order valence-corrected chi connectivity index (χ1v) is 12.6. The SMILES string of the molecule is CC[C@@H]1C=C[C@H]2[C@@H](C(=O)N(CCCCCCO)[C@@H]2C(=O)Nc2c(C)cccc2Cl)[C@@H]1C(=O)NC. The molecule has 0 bridgehead atoms. The number of aliphatic hydroxyl groups excluding tert-OH is 1. The molecule has 1 aliphatic heterocycles. The molecule has 1 saturated heterocycles. The lowest BCUT2D eigenvalue weighted by Crippen LogP contribution is -2.45. The number of carbonyl (C=O) groups excluding carboxylic acids is 3. The van der Waals surface area contributed by atoms with E-state index in [1.165, 1.54) is 0 Å². The predicted molar refractivity (Wildman–Crippen MR) is 133 cm³/mol. The van der Waals surface area contributed by atoms with E-state index in [1.807, 2.05) is 38.1 Å². The fourth-order valence-corrected chi connectivity index (χ4v) is 5.66. The van der Waals surface area contributed by atoms with Gasteiger partial charge in [-0.05, 0) is 43.7 Å². The monoisotopic (exact) mass is 489 g/mol. The van der Waals surface area contributed by atoms with E-state index >= 15 is 0 Å². The number of hydrogen-bond donors (Lipinski definition) is 3. The van der Waals surface area contributed by atoms with Gasteiger partial charge in [-0.25, -0.2) is 0 Å². The molecule has 8 heteroatoms. The van der Waals surface area contributed by atoms with Crippen LogP contribution >= 0.6 is 11.6 Å². The van der Waals surface area contributed by atoms with Crippen molar-refractivity contribution in [3.8, 4) is 0 Å². The molecule has 0 aromatic heterocycles. The second-order valence-electron chi connectivity index (χ2n) is 9.24. The molecule has 186 valence electrons. The van der Waals surface area contributed by atoms with Crippen molar-refractivity contribution in [3.63, 3.8) is 0 Å². The normalized spacial score (nSPS) is 25.9. The van der Waals surface area contributed by atoms with Crippen LogP contribution in [0.5, 0.6) is 0 Å². The molecule has 34 heavy (non-hydrogen) atoms. The number of allylic oxidation sites excluding steroid dienone is 1. The Labute approximate surface area is 206 Å². The Morgan fingerprint density at radius 1 is 1.12 bits per heavy atom. The summed E-state index contributed by atoms with van der Waals surface area (Å²) in [6.07, 6.45) is 7.86. The van der Waals surface area contributed by atoms with Gasteiger partial charge in [-0.15, -0.1) is 0 Å². The van der Waals surface area contributed by atoms with Gasteiger partial charge in [-0.1, -0.05) is 55.7 Å². The van der Waals surface area contributed by atoms with Crippen LogP contribution in [-0.2, 0) is 14.4 Å². The number of para-hydroxylation sites is 1. The van der Waals surface area contributed by atoms with Gasteiger partial charge >= 0.3 is 0 Å². The topological polar surface area (TPSA) is 98.7 Å². The van der Waals surface area contributed by atoms with E-state index in [4.69, 9.17) is 16.7 Å². The minimum absolute atomic E-state index is 0.0517. The summed E-state index contributed by atoms with van der Waals surface area (Å²) >= 11 is 6.35. The Morgan fingerprint density at radius 3 is 2.50 bits per heavy atom. The molecule has 0 radical (unpaired) electrons. The molecule has 0 spiro atoms. The Hall–Kier alpha value is -2.38. The first-order valence-electron chi connectivity index (χ1n) is 12.2. The third-order valence-corrected chi connectivity index (χ3v) is 7.49. The maximum Gasteiger partial charge on any atom is 0.247 e. The summed E-state index contributed by atoms with van der Waals surface area (Å²) < 4.78 is 0. The summed E-state index contributed by atoms with van der Waals surface area (Å²) in [5, 5.41) is 15.2. The number of benzene rings is 1. The lowest BCUT2D eigenvalue weighted by Gasteiger charge is -2.33. The highest BCUT2D eigenvalue weighted by molar-refractivity contribution is 6.34. The van der Waals surface area contributed by atoms with Crippen molar-refractivity contribution in [2.75, 3.05) is 25.5 Å². The van der Waals surface area contributed by atoms with Gasteiger partial charge in [0.15, 0.2) is 0 Å². The summed E-state index contributed by atoms with van der Waals surface area (Å²) in [6, 6.07) is 4.70. The maximum absolute atomic E-state index is 13.7. The van der Waals surface area contributed by atoms with Gasteiger partial charge in [0, 0.05) is 26.1 Å². The van der Waals surface area contributed by atoms with E-state index in [0.717, 1.165) is 31.2 Å². The van der Waals surface area contributed by atoms with Crippen molar-refractivity contribution in [3.05, 3.63) is 40.9 Å². The molecular weight excluding hydrogens is 454 g/mol. The maximum atomic E-state index is 13.7. The average Bonchev–Trinajstić information content (AvgIpc) is 3.11. The number of likely N-dealkylation sites (tertiary alicyclic amines) is 1. The number of hydrogen-bond acceptors (Lipinski definition) is 4. The van der Waals surface area contributed by atoms with Crippen LogP contribution in [0, 0.1) is 30.6 Å². The van der Waals surface area contributed by atoms with E-state index < -0.39 is 23.8 Å². The fraction of sp³-hybridized carbons (Fsp3) is 0.577. The summed E-state index contributed by atoms with van der Waals surface area (Å²) in [6.45, 7) is 4.46. The van der Waals surface area contributed by atoms with Gasteiger partial charge in [0.1, 0.15) is 6.04 Å². The summed E-state index contributed by atoms with van der Waals surface area (Å²) in [5.74, 6) is -2.11. The number of rotatable bonds is 10. The number of aliphatic hydroxyl groups is 1. The number of amides is 3. The first-order chi connectivity index (χ1) is 16.3. The van der Waals surface area contributed by atoms with Gasteiger partial charge in [0.2, 0.25) is 17.7 Å². The zero-order chi connectivity index (χ0) is 24.8. The Morgan fingerprint density at radius 2 is 1.85 bits per heavy atom. The number of nitrogens with zero attached hydrogens (tertiary/aromatic N) is 1. The number of aryl methyl sites for hydroxylation is 1. The van der Waals surface area contributed by atoms with Crippen LogP contribution in [0.2, 0.25) is 5.02 Å². The molecule has 2 aliphatic rings. The zero-order valence-corrected chi connectivity index (χ0v) is 21.0. The molecule has 3 amide bonds. The summed E-state index contributed by atoms with van der Waals surface area (Å²) in [7, 11) is 1.59. The molecule has 1 aliphatic carbocycles. The highest BCUT2D eigenvalue weighted by Gasteiger charge is 2.56. The highest BCUT2D eigenvalue weighted by atomic mass is 35.5. The van der Waals surface area contributed by atoms with Crippen LogP contribution in [-0.4, -0.2) is 54.0 Å². The molecule has 1 heterocycles. The van der Waals surface area contributed by atoms with E-state index in [-0.39, 0.29) is 30.2 Å². The number of halogens is 1. The molecule has 0 unspecified atom stereocenters. The van der Waals surface area contributed by atoms with Crippen molar-refractivity contribution < 1.29 is 19.5 Å². The third-order valence-electron chi connectivity index (χ3n) is 7.18. The molecule has 3 N–H and O–H groups in total. The van der Waals surface area contributed by atoms with Crippen molar-refractivity contribution in [2.24, 2.45) is 23.7 Å². The fourth-order valence-electron chi connectivity index (χ4n) is 5.39. The van der Waals surface area contributed by atoms with Gasteiger partial charge in [0.25, 0.3) is 0 Å². The minimum Gasteiger partial charge on any atom is -0.396 e. The van der Waals surface area contributed by atoms with Gasteiger partial charge in [0.05, 0.1) is 22.5 Å². The van der Waals surface area contributed by atoms with Crippen LogP contribution in [0.3, 0.4) is 0 Å². The van der Waals surface area contributed by atoms with Crippen molar-refractivity contribution in [1.29, 1.82) is 0 Å². The summed E-state index contributed by atoms with van der Waals surface area (Å²) in [4.78, 5) is 41.9. The second kappa shape index (κ2) is 11.8. The lowest BCUT2D eigenvalue weighted by molar-refractivity contribution is -0.140. The van der Waals surface area contributed by atoms with Crippen molar-refractivity contribution >= 4 is 35.0 Å². The van der Waals surface area contributed by atoms with Gasteiger partial charge in [-0.2, -0.15) is 0 Å². The molecule has 5 atom stereocenters. The smallest absolute Gasteiger partial charge is 0.247 e. The van der Waals surface area contributed by atoms with Crippen LogP contribution < -0.4 is 10.6 Å². The molecule has 3 rings (SSSR count). The number of unbranched alkanes of at least 4 members (excludes halogenated alkanes) is 3. The lowest BCUT2D eigenvalue weighted by atomic mass is 9.69. The molecule has 0 saturated carbocycles. The zero-order valence-electron chi connectivity index (χ0n) is 20.2. The molecular formula is C26H36ClN3O4. The van der Waals surface area contributed by atoms with Crippen molar-refractivity contribution in [2.45, 2.75) is 52.0 Å². The van der Waals surface area contributed by atoms with Crippen LogP contribution in [0.25, 0.3) is 0 Å². The second-order valence-corrected chi connectivity index (χ2v) is 9.64. The van der Waals surface area contributed by atoms with Crippen LogP contribution in [0.4, 0.5) is 5.69 Å². The first kappa shape index (κ1) is 26.2. The van der Waals surface area contributed by atoms with E-state index in [2.05, 4.69) is 10.6 Å². The Bertz CT molecular complexity index is 914.